The number of rotatable bonds is 4. The number of aromatic amines is 1. The number of nitrogens with one attached hydrogen (secondary N) is 2. The third kappa shape index (κ3) is 3.49. The van der Waals surface area contributed by atoms with Gasteiger partial charge in [0, 0.05) is 48.1 Å². The number of hydrogen-bond donors (Lipinski definition) is 2. The average Bonchev–Trinajstić information content (AvgIpc) is 3.11. The summed E-state index contributed by atoms with van der Waals surface area (Å²) in [5.74, 6) is 0.579. The first-order chi connectivity index (χ1) is 13.4. The predicted molar refractivity (Wildman–Crippen MR) is 108 cm³/mol. The van der Waals surface area contributed by atoms with Crippen LogP contribution in [0.15, 0.2) is 36.5 Å². The monoisotopic (exact) mass is 402 g/mol. The Labute approximate surface area is 163 Å². The summed E-state index contributed by atoms with van der Waals surface area (Å²) in [5, 5.41) is 0.920. The van der Waals surface area contributed by atoms with Crippen molar-refractivity contribution in [2.75, 3.05) is 26.5 Å². The lowest BCUT2D eigenvalue weighted by Gasteiger charge is -2.31. The largest absolute Gasteiger partial charge is 0.496 e. The van der Waals surface area contributed by atoms with Crippen LogP contribution in [0.4, 0.5) is 4.39 Å². The summed E-state index contributed by atoms with van der Waals surface area (Å²) in [5.41, 5.74) is 3.37. The highest BCUT2D eigenvalue weighted by atomic mass is 32.2. The first kappa shape index (κ1) is 18.9. The number of benzene rings is 1. The number of ether oxygens (including phenoxy) is 1. The van der Waals surface area contributed by atoms with Crippen molar-refractivity contribution in [3.05, 3.63) is 48.0 Å². The SMILES string of the molecule is COc1ccc(F)cc1-c1ccnc2[nH]c(C3CCN(S(C)(=N)=O)CC3)cc12. The summed E-state index contributed by atoms with van der Waals surface area (Å²) in [4.78, 5) is 7.84. The number of pyridine rings is 1. The van der Waals surface area contributed by atoms with E-state index in [1.165, 1.54) is 18.4 Å². The number of piperidine rings is 1. The zero-order valence-corrected chi connectivity index (χ0v) is 16.7. The molecule has 1 aliphatic rings. The van der Waals surface area contributed by atoms with Crippen LogP contribution in [0, 0.1) is 10.6 Å². The van der Waals surface area contributed by atoms with Crippen LogP contribution in [0.5, 0.6) is 5.75 Å². The number of H-pyrrole nitrogens is 1. The molecule has 0 saturated carbocycles. The Hall–Kier alpha value is -2.45. The molecule has 1 saturated heterocycles. The summed E-state index contributed by atoms with van der Waals surface area (Å²) in [6.07, 6.45) is 4.83. The van der Waals surface area contributed by atoms with Crippen molar-refractivity contribution in [1.29, 1.82) is 4.78 Å². The van der Waals surface area contributed by atoms with E-state index in [0.717, 1.165) is 35.1 Å². The van der Waals surface area contributed by atoms with Gasteiger partial charge in [0.2, 0.25) is 0 Å². The van der Waals surface area contributed by atoms with Crippen molar-refractivity contribution < 1.29 is 13.3 Å². The Kier molecular flexibility index (Phi) is 4.84. The number of methoxy groups -OCH3 is 1. The molecule has 3 heterocycles. The van der Waals surface area contributed by atoms with Crippen molar-refractivity contribution >= 4 is 20.9 Å². The fourth-order valence-corrected chi connectivity index (χ4v) is 4.82. The summed E-state index contributed by atoms with van der Waals surface area (Å²) in [7, 11) is -1.08. The van der Waals surface area contributed by atoms with Crippen LogP contribution in [0.1, 0.15) is 24.5 Å². The highest BCUT2D eigenvalue weighted by molar-refractivity contribution is 7.89. The van der Waals surface area contributed by atoms with Gasteiger partial charge in [0.05, 0.1) is 7.11 Å². The molecule has 4 rings (SSSR count). The van der Waals surface area contributed by atoms with Crippen LogP contribution >= 0.6 is 0 Å². The zero-order chi connectivity index (χ0) is 19.9. The van der Waals surface area contributed by atoms with Gasteiger partial charge in [-0.2, -0.15) is 0 Å². The van der Waals surface area contributed by atoms with Gasteiger partial charge in [-0.1, -0.05) is 0 Å². The van der Waals surface area contributed by atoms with Crippen LogP contribution in [0.25, 0.3) is 22.2 Å². The number of nitrogens with zero attached hydrogens (tertiary/aromatic N) is 2. The Morgan fingerprint density at radius 3 is 2.68 bits per heavy atom. The van der Waals surface area contributed by atoms with Crippen LogP contribution < -0.4 is 4.74 Å². The second-order valence-corrected chi connectivity index (χ2v) is 9.32. The molecule has 1 aromatic carbocycles. The Morgan fingerprint density at radius 1 is 1.25 bits per heavy atom. The summed E-state index contributed by atoms with van der Waals surface area (Å²) in [6.45, 7) is 1.27. The highest BCUT2D eigenvalue weighted by Crippen LogP contribution is 2.37. The van der Waals surface area contributed by atoms with Crippen molar-refractivity contribution in [3.63, 3.8) is 0 Å². The number of aromatic nitrogens is 2. The average molecular weight is 402 g/mol. The topological polar surface area (TPSA) is 82.1 Å². The maximum Gasteiger partial charge on any atom is 0.138 e. The molecule has 3 aromatic rings. The molecule has 2 N–H and O–H groups in total. The standard InChI is InChI=1S/C20H23FN4O2S/c1-27-19-4-3-14(21)11-16(19)15-5-8-23-20-17(15)12-18(24-20)13-6-9-25(10-7-13)28(2,22)26/h3-5,8,11-13,22H,6-7,9-10H2,1-2H3,(H,23,24). The Bertz CT molecular complexity index is 1120. The fourth-order valence-electron chi connectivity index (χ4n) is 3.91. The van der Waals surface area contributed by atoms with Crippen LogP contribution in [0.2, 0.25) is 0 Å². The second-order valence-electron chi connectivity index (χ2n) is 7.20. The van der Waals surface area contributed by atoms with Gasteiger partial charge in [0.15, 0.2) is 0 Å². The van der Waals surface area contributed by atoms with Gasteiger partial charge < -0.3 is 9.72 Å². The van der Waals surface area contributed by atoms with Gasteiger partial charge in [-0.05, 0) is 48.7 Å². The van der Waals surface area contributed by atoms with Gasteiger partial charge in [-0.3, -0.25) is 0 Å². The van der Waals surface area contributed by atoms with E-state index in [1.807, 2.05) is 6.07 Å². The van der Waals surface area contributed by atoms with E-state index in [1.54, 1.807) is 23.7 Å². The van der Waals surface area contributed by atoms with Crippen molar-refractivity contribution in [2.45, 2.75) is 18.8 Å². The molecule has 6 nitrogen and oxygen atoms in total. The Balaban J connectivity index is 1.70. The molecule has 0 radical (unpaired) electrons. The van der Waals surface area contributed by atoms with Gasteiger partial charge in [-0.25, -0.2) is 22.7 Å². The molecule has 2 aromatic heterocycles. The highest BCUT2D eigenvalue weighted by Gasteiger charge is 2.26. The maximum absolute atomic E-state index is 13.9. The van der Waals surface area contributed by atoms with E-state index in [0.29, 0.717) is 24.4 Å². The molecule has 148 valence electrons. The summed E-state index contributed by atoms with van der Waals surface area (Å²) >= 11 is 0. The fraction of sp³-hybridized carbons (Fsp3) is 0.350. The van der Waals surface area contributed by atoms with Crippen molar-refractivity contribution in [2.24, 2.45) is 0 Å². The zero-order valence-electron chi connectivity index (χ0n) is 15.9. The van der Waals surface area contributed by atoms with E-state index < -0.39 is 9.92 Å². The third-order valence-electron chi connectivity index (χ3n) is 5.39. The molecule has 1 unspecified atom stereocenters. The summed E-state index contributed by atoms with van der Waals surface area (Å²) in [6, 6.07) is 8.43. The number of hydrogen-bond acceptors (Lipinski definition) is 4. The van der Waals surface area contributed by atoms with Crippen LogP contribution in [-0.4, -0.2) is 44.9 Å². The normalized spacial score (nSPS) is 18.2. The quantitative estimate of drug-likeness (QED) is 0.688. The van der Waals surface area contributed by atoms with E-state index in [9.17, 15) is 8.60 Å². The van der Waals surface area contributed by atoms with Crippen molar-refractivity contribution in [3.8, 4) is 16.9 Å². The molecule has 0 spiro atoms. The minimum absolute atomic E-state index is 0.287. The molecular formula is C20H23FN4O2S. The molecule has 28 heavy (non-hydrogen) atoms. The molecule has 0 aliphatic carbocycles. The first-order valence-electron chi connectivity index (χ1n) is 9.17. The maximum atomic E-state index is 13.9. The van der Waals surface area contributed by atoms with Crippen molar-refractivity contribution in [1.82, 2.24) is 14.3 Å². The van der Waals surface area contributed by atoms with Gasteiger partial charge in [0.25, 0.3) is 0 Å². The molecule has 1 fully saturated rings. The predicted octanol–water partition coefficient (Wildman–Crippen LogP) is 4.15. The molecular weight excluding hydrogens is 379 g/mol. The second kappa shape index (κ2) is 7.18. The molecule has 1 atom stereocenters. The van der Waals surface area contributed by atoms with Gasteiger partial charge >= 0.3 is 0 Å². The van der Waals surface area contributed by atoms with Gasteiger partial charge in [0.1, 0.15) is 27.1 Å². The smallest absolute Gasteiger partial charge is 0.138 e. The lowest BCUT2D eigenvalue weighted by molar-refractivity contribution is 0.329. The minimum atomic E-state index is -2.65. The van der Waals surface area contributed by atoms with Crippen LogP contribution in [-0.2, 0) is 9.92 Å². The minimum Gasteiger partial charge on any atom is -0.496 e. The van der Waals surface area contributed by atoms with E-state index in [-0.39, 0.29) is 11.7 Å². The van der Waals surface area contributed by atoms with E-state index in [2.05, 4.69) is 16.0 Å². The molecule has 8 heteroatoms. The van der Waals surface area contributed by atoms with Crippen LogP contribution in [0.3, 0.4) is 0 Å². The Morgan fingerprint density at radius 2 is 2.00 bits per heavy atom. The lowest BCUT2D eigenvalue weighted by Crippen LogP contribution is -2.36. The van der Waals surface area contributed by atoms with Gasteiger partial charge in [-0.15, -0.1) is 0 Å². The molecule has 1 aliphatic heterocycles. The number of fused-ring (bicyclic) bond motifs is 1. The summed E-state index contributed by atoms with van der Waals surface area (Å²) < 4.78 is 40.7. The van der Waals surface area contributed by atoms with E-state index in [4.69, 9.17) is 9.52 Å². The number of halogens is 1. The first-order valence-corrected chi connectivity index (χ1v) is 11.1. The molecule has 0 bridgehead atoms. The van der Waals surface area contributed by atoms with E-state index >= 15 is 0 Å². The third-order valence-corrected chi connectivity index (χ3v) is 6.74. The lowest BCUT2D eigenvalue weighted by atomic mass is 9.94. The molecule has 0 amide bonds.